The Morgan fingerprint density at radius 3 is 2.61 bits per heavy atom. The first-order valence-electron chi connectivity index (χ1n) is 9.15. The Labute approximate surface area is 164 Å². The van der Waals surface area contributed by atoms with Gasteiger partial charge in [0, 0.05) is 12.1 Å². The summed E-state index contributed by atoms with van der Waals surface area (Å²) in [6.07, 6.45) is 2.69. The smallest absolute Gasteiger partial charge is 0.258 e. The van der Waals surface area contributed by atoms with Crippen LogP contribution in [0.25, 0.3) is 11.5 Å². The lowest BCUT2D eigenvalue weighted by Gasteiger charge is -2.34. The minimum absolute atomic E-state index is 0.187. The molecule has 0 saturated heterocycles. The molecule has 0 amide bonds. The van der Waals surface area contributed by atoms with Gasteiger partial charge in [0.15, 0.2) is 5.82 Å². The second kappa shape index (κ2) is 7.12. The van der Waals surface area contributed by atoms with Crippen LogP contribution in [0.3, 0.4) is 0 Å². The van der Waals surface area contributed by atoms with E-state index in [-0.39, 0.29) is 17.3 Å². The molecule has 3 aromatic rings. The van der Waals surface area contributed by atoms with E-state index in [1.54, 1.807) is 25.1 Å². The van der Waals surface area contributed by atoms with Crippen molar-refractivity contribution >= 4 is 10.0 Å². The summed E-state index contributed by atoms with van der Waals surface area (Å²) in [5.74, 6) is 0.743. The number of hydrogen-bond donors (Lipinski definition) is 2. The lowest BCUT2D eigenvalue weighted by Crippen LogP contribution is -2.44. The van der Waals surface area contributed by atoms with Crippen LogP contribution >= 0.6 is 0 Å². The van der Waals surface area contributed by atoms with Crippen molar-refractivity contribution in [2.45, 2.75) is 43.2 Å². The zero-order valence-corrected chi connectivity index (χ0v) is 16.4. The van der Waals surface area contributed by atoms with E-state index in [1.165, 1.54) is 0 Å². The van der Waals surface area contributed by atoms with Crippen molar-refractivity contribution in [3.05, 3.63) is 65.5 Å². The van der Waals surface area contributed by atoms with E-state index in [0.717, 1.165) is 24.8 Å². The number of benzene rings is 2. The third-order valence-electron chi connectivity index (χ3n) is 5.15. The lowest BCUT2D eigenvalue weighted by atomic mass is 9.77. The fourth-order valence-corrected chi connectivity index (χ4v) is 4.49. The van der Waals surface area contributed by atoms with Crippen molar-refractivity contribution in [2.75, 3.05) is 0 Å². The summed E-state index contributed by atoms with van der Waals surface area (Å²) >= 11 is 0. The normalized spacial score (nSPS) is 15.9. The molecule has 0 atom stereocenters. The number of sulfonamides is 1. The van der Waals surface area contributed by atoms with Crippen LogP contribution in [0, 0.1) is 6.92 Å². The Hall–Kier alpha value is -2.55. The highest BCUT2D eigenvalue weighted by atomic mass is 32.2. The summed E-state index contributed by atoms with van der Waals surface area (Å²) in [6, 6.07) is 14.4. The Morgan fingerprint density at radius 2 is 1.93 bits per heavy atom. The van der Waals surface area contributed by atoms with Gasteiger partial charge in [-0.1, -0.05) is 41.6 Å². The summed E-state index contributed by atoms with van der Waals surface area (Å²) in [5.41, 5.74) is 7.78. The van der Waals surface area contributed by atoms with Gasteiger partial charge in [-0.2, -0.15) is 4.98 Å². The first-order chi connectivity index (χ1) is 13.4. The molecule has 1 aromatic heterocycles. The van der Waals surface area contributed by atoms with Gasteiger partial charge in [0.25, 0.3) is 5.89 Å². The summed E-state index contributed by atoms with van der Waals surface area (Å²) < 4.78 is 33.7. The number of nitrogens with one attached hydrogen (secondary N) is 1. The molecule has 2 aromatic carbocycles. The van der Waals surface area contributed by atoms with Gasteiger partial charge in [0.05, 0.1) is 10.4 Å². The highest BCUT2D eigenvalue weighted by Crippen LogP contribution is 2.37. The van der Waals surface area contributed by atoms with Crippen LogP contribution < -0.4 is 10.5 Å². The van der Waals surface area contributed by atoms with Crippen molar-refractivity contribution in [3.8, 4) is 11.5 Å². The molecule has 0 spiro atoms. The molecular weight excluding hydrogens is 376 g/mol. The van der Waals surface area contributed by atoms with Gasteiger partial charge < -0.3 is 10.3 Å². The number of aromatic nitrogens is 2. The lowest BCUT2D eigenvalue weighted by molar-refractivity contribution is 0.229. The van der Waals surface area contributed by atoms with E-state index < -0.39 is 15.6 Å². The van der Waals surface area contributed by atoms with Gasteiger partial charge in [-0.25, -0.2) is 13.1 Å². The van der Waals surface area contributed by atoms with Gasteiger partial charge >= 0.3 is 0 Å². The molecule has 1 heterocycles. The molecule has 4 rings (SSSR count). The average Bonchev–Trinajstić information content (AvgIpc) is 3.16. The predicted octanol–water partition coefficient (Wildman–Crippen LogP) is 2.86. The van der Waals surface area contributed by atoms with E-state index in [0.29, 0.717) is 17.0 Å². The van der Waals surface area contributed by atoms with E-state index in [2.05, 4.69) is 14.9 Å². The maximum Gasteiger partial charge on any atom is 0.258 e. The summed E-state index contributed by atoms with van der Waals surface area (Å²) in [7, 11) is -3.70. The summed E-state index contributed by atoms with van der Waals surface area (Å²) in [4.78, 5) is 4.59. The van der Waals surface area contributed by atoms with Crippen LogP contribution in [-0.4, -0.2) is 18.6 Å². The average molecular weight is 398 g/mol. The maximum absolute atomic E-state index is 12.8. The van der Waals surface area contributed by atoms with Gasteiger partial charge in [-0.15, -0.1) is 0 Å². The van der Waals surface area contributed by atoms with Crippen LogP contribution in [0.1, 0.15) is 36.2 Å². The first kappa shape index (κ1) is 18.8. The monoisotopic (exact) mass is 398 g/mol. The maximum atomic E-state index is 12.8. The number of nitrogens with two attached hydrogens (primary N) is 1. The minimum atomic E-state index is -3.70. The minimum Gasteiger partial charge on any atom is -0.334 e. The van der Waals surface area contributed by atoms with Gasteiger partial charge in [-0.05, 0) is 49.4 Å². The number of aryl methyl sites for hydroxylation is 1. The molecule has 3 N–H and O–H groups in total. The molecule has 8 heteroatoms. The van der Waals surface area contributed by atoms with Crippen molar-refractivity contribution < 1.29 is 12.9 Å². The zero-order valence-electron chi connectivity index (χ0n) is 15.6. The van der Waals surface area contributed by atoms with Crippen molar-refractivity contribution in [2.24, 2.45) is 5.73 Å². The Bertz CT molecular complexity index is 1090. The summed E-state index contributed by atoms with van der Waals surface area (Å²) in [6.45, 7) is 1.97. The van der Waals surface area contributed by atoms with Crippen LogP contribution in [0.5, 0.6) is 0 Å². The van der Waals surface area contributed by atoms with E-state index in [9.17, 15) is 8.42 Å². The Morgan fingerprint density at radius 1 is 1.18 bits per heavy atom. The van der Waals surface area contributed by atoms with E-state index in [4.69, 9.17) is 10.3 Å². The molecule has 7 nitrogen and oxygen atoms in total. The predicted molar refractivity (Wildman–Crippen MR) is 105 cm³/mol. The third kappa shape index (κ3) is 3.58. The topological polar surface area (TPSA) is 111 Å². The van der Waals surface area contributed by atoms with Crippen LogP contribution in [0.2, 0.25) is 0 Å². The first-order valence-corrected chi connectivity index (χ1v) is 10.6. The van der Waals surface area contributed by atoms with Crippen molar-refractivity contribution in [1.29, 1.82) is 0 Å². The van der Waals surface area contributed by atoms with Gasteiger partial charge in [0.2, 0.25) is 10.0 Å². The van der Waals surface area contributed by atoms with Gasteiger partial charge in [0.1, 0.15) is 0 Å². The third-order valence-corrected chi connectivity index (χ3v) is 6.69. The number of hydrogen-bond acceptors (Lipinski definition) is 6. The molecule has 0 radical (unpaired) electrons. The molecule has 0 unspecified atom stereocenters. The molecule has 0 bridgehead atoms. The van der Waals surface area contributed by atoms with Crippen molar-refractivity contribution in [1.82, 2.24) is 14.9 Å². The second-order valence-electron chi connectivity index (χ2n) is 7.22. The molecule has 1 aliphatic rings. The number of rotatable bonds is 6. The highest BCUT2D eigenvalue weighted by molar-refractivity contribution is 7.89. The fourth-order valence-electron chi connectivity index (χ4n) is 3.20. The van der Waals surface area contributed by atoms with Crippen molar-refractivity contribution in [3.63, 3.8) is 0 Å². The quantitative estimate of drug-likeness (QED) is 0.660. The van der Waals surface area contributed by atoms with E-state index >= 15 is 0 Å². The molecule has 1 fully saturated rings. The zero-order chi connectivity index (χ0) is 19.8. The highest BCUT2D eigenvalue weighted by Gasteiger charge is 2.39. The van der Waals surface area contributed by atoms with Crippen LogP contribution in [-0.2, 0) is 22.1 Å². The largest absolute Gasteiger partial charge is 0.334 e. The SMILES string of the molecule is Cc1ccc(-c2nc(C3(N)CCC3)no2)cc1S(=O)(=O)NCc1ccccc1. The number of nitrogens with zero attached hydrogens (tertiary/aromatic N) is 2. The summed E-state index contributed by atoms with van der Waals surface area (Å²) in [5, 5.41) is 4.00. The fraction of sp³-hybridized carbons (Fsp3) is 0.300. The molecular formula is C20H22N4O3S. The molecule has 146 valence electrons. The van der Waals surface area contributed by atoms with E-state index in [1.807, 2.05) is 30.3 Å². The molecule has 28 heavy (non-hydrogen) atoms. The Balaban J connectivity index is 1.60. The molecule has 0 aliphatic heterocycles. The van der Waals surface area contributed by atoms with Crippen LogP contribution in [0.4, 0.5) is 0 Å². The van der Waals surface area contributed by atoms with Crippen LogP contribution in [0.15, 0.2) is 57.9 Å². The van der Waals surface area contributed by atoms with Gasteiger partial charge in [-0.3, -0.25) is 0 Å². The second-order valence-corrected chi connectivity index (χ2v) is 8.96. The molecule has 1 saturated carbocycles. The standard InChI is InChI=1S/C20H22N4O3S/c1-14-8-9-16(18-23-19(24-27-18)20(21)10-5-11-20)12-17(14)28(25,26)22-13-15-6-3-2-4-7-15/h2-4,6-9,12,22H,5,10-11,13,21H2,1H3. The Kier molecular flexibility index (Phi) is 4.78. The molecule has 1 aliphatic carbocycles.